The number of hydrogen-bond acceptors (Lipinski definition) is 9. The summed E-state index contributed by atoms with van der Waals surface area (Å²) in [5, 5.41) is 0. The largest absolute Gasteiger partial charge is 2.00 e. The molecule has 0 fully saturated rings. The average Bonchev–Trinajstić information content (AvgIpc) is 2.56. The molecule has 4 atom stereocenters. The second kappa shape index (κ2) is 17.3. The molecule has 0 aromatic carbocycles. The van der Waals surface area contributed by atoms with Crippen molar-refractivity contribution in [1.29, 1.82) is 0 Å². The van der Waals surface area contributed by atoms with Crippen LogP contribution in [-0.2, 0) is 41.4 Å². The van der Waals surface area contributed by atoms with E-state index in [0.717, 1.165) is 0 Å². The SMILES string of the molecule is [Ba+2].[CH2-]OC(COP(C)(=O)OCC(COC(C)C)OCC)COP(C)(=O)OC(C)C.[H-]. The molecule has 0 spiro atoms. The molecule has 0 aromatic heterocycles. The summed E-state index contributed by atoms with van der Waals surface area (Å²) in [6.45, 7) is 12.6. The van der Waals surface area contributed by atoms with Gasteiger partial charge in [-0.3, -0.25) is 9.13 Å². The number of hydrogen-bond donors (Lipinski definition) is 0. The molecule has 9 nitrogen and oxygen atoms in total. The molecule has 4 unspecified atom stereocenters. The first-order valence-electron chi connectivity index (χ1n) is 9.31. The van der Waals surface area contributed by atoms with Crippen molar-refractivity contribution in [2.45, 2.75) is 59.0 Å². The van der Waals surface area contributed by atoms with Gasteiger partial charge in [0.2, 0.25) is 0 Å². The van der Waals surface area contributed by atoms with E-state index in [0.29, 0.717) is 13.2 Å². The summed E-state index contributed by atoms with van der Waals surface area (Å²) in [5.41, 5.74) is 0. The van der Waals surface area contributed by atoms with Crippen LogP contribution in [0.15, 0.2) is 0 Å². The van der Waals surface area contributed by atoms with Gasteiger partial charge in [-0.25, -0.2) is 7.11 Å². The van der Waals surface area contributed by atoms with Gasteiger partial charge in [-0.15, -0.1) is 0 Å². The molecule has 0 heterocycles. The van der Waals surface area contributed by atoms with Gasteiger partial charge in [-0.1, -0.05) is 0 Å². The Labute approximate surface area is 217 Å². The third-order valence-corrected chi connectivity index (χ3v) is 5.80. The third-order valence-electron chi connectivity index (χ3n) is 3.14. The molecule has 0 saturated heterocycles. The topological polar surface area (TPSA) is 98.8 Å². The van der Waals surface area contributed by atoms with Crippen molar-refractivity contribution in [2.24, 2.45) is 0 Å². The Bertz CT molecular complexity index is 512. The van der Waals surface area contributed by atoms with Crippen LogP contribution in [0.25, 0.3) is 0 Å². The minimum absolute atomic E-state index is 0. The summed E-state index contributed by atoms with van der Waals surface area (Å²) in [5.74, 6) is 0. The van der Waals surface area contributed by atoms with E-state index in [2.05, 4.69) is 7.11 Å². The van der Waals surface area contributed by atoms with Gasteiger partial charge in [0, 0.05) is 19.9 Å². The van der Waals surface area contributed by atoms with Gasteiger partial charge in [-0.05, 0) is 34.6 Å². The van der Waals surface area contributed by atoms with Crippen LogP contribution < -0.4 is 0 Å². The molecule has 0 radical (unpaired) electrons. The molecule has 0 amide bonds. The normalized spacial score (nSPS) is 18.1. The van der Waals surface area contributed by atoms with Crippen molar-refractivity contribution in [2.75, 3.05) is 46.4 Å². The van der Waals surface area contributed by atoms with E-state index in [1.807, 2.05) is 20.8 Å². The maximum absolute atomic E-state index is 12.5. The Morgan fingerprint density at radius 1 is 0.793 bits per heavy atom. The van der Waals surface area contributed by atoms with Crippen molar-refractivity contribution in [1.82, 2.24) is 0 Å². The Kier molecular flexibility index (Phi) is 19.6. The van der Waals surface area contributed by atoms with Crippen LogP contribution in [0.2, 0.25) is 0 Å². The van der Waals surface area contributed by atoms with E-state index < -0.39 is 21.3 Å². The Morgan fingerprint density at radius 2 is 1.28 bits per heavy atom. The Hall–Kier alpha value is 1.75. The smallest absolute Gasteiger partial charge is 1.00 e. The van der Waals surface area contributed by atoms with Gasteiger partial charge in [0.1, 0.15) is 6.10 Å². The molecular formula is C17H38BaO9P2. The first kappa shape index (κ1) is 32.9. The molecule has 0 saturated carbocycles. The van der Waals surface area contributed by atoms with E-state index >= 15 is 0 Å². The molecule has 0 bridgehead atoms. The van der Waals surface area contributed by atoms with E-state index in [1.54, 1.807) is 13.8 Å². The summed E-state index contributed by atoms with van der Waals surface area (Å²) in [6.07, 6.45) is -1.23. The molecule has 0 aliphatic heterocycles. The van der Waals surface area contributed by atoms with E-state index in [9.17, 15) is 9.13 Å². The fourth-order valence-electron chi connectivity index (χ4n) is 1.93. The van der Waals surface area contributed by atoms with Crippen molar-refractivity contribution < 1.29 is 42.9 Å². The maximum Gasteiger partial charge on any atom is 2.00 e. The molecule has 29 heavy (non-hydrogen) atoms. The summed E-state index contributed by atoms with van der Waals surface area (Å²) < 4.78 is 61.8. The average molecular weight is 586 g/mol. The van der Waals surface area contributed by atoms with Gasteiger partial charge < -0.3 is 33.7 Å². The van der Waals surface area contributed by atoms with E-state index in [1.165, 1.54) is 13.3 Å². The molecule has 12 heteroatoms. The van der Waals surface area contributed by atoms with Gasteiger partial charge in [0.15, 0.2) is 0 Å². The Balaban J connectivity index is -0.00000364. The third kappa shape index (κ3) is 19.0. The van der Waals surface area contributed by atoms with E-state index in [4.69, 9.17) is 32.3 Å². The van der Waals surface area contributed by atoms with Crippen LogP contribution >= 0.6 is 15.2 Å². The van der Waals surface area contributed by atoms with Crippen LogP contribution in [0.1, 0.15) is 36.0 Å². The second-order valence-corrected chi connectivity index (χ2v) is 10.9. The standard InChI is InChI=1S/C17H37O9P2.Ba.H/c1-9-21-17(10-22-14(2)3)13-24-27(7,18)23-11-16(20-6)12-25-28(8,19)26-15(4)5;;/h14-17H,6,9-13H2,1-5,7-8H3;;/q-1;+2;-1. The first-order valence-corrected chi connectivity index (χ1v) is 13.3. The maximum atomic E-state index is 12.5. The molecule has 0 aliphatic rings. The fourth-order valence-corrected chi connectivity index (χ4v) is 4.14. The van der Waals surface area contributed by atoms with Crippen molar-refractivity contribution in [3.63, 3.8) is 0 Å². The second-order valence-electron chi connectivity index (χ2n) is 6.83. The van der Waals surface area contributed by atoms with Crippen molar-refractivity contribution in [3.05, 3.63) is 7.11 Å². The predicted molar refractivity (Wildman–Crippen MR) is 115 cm³/mol. The first-order chi connectivity index (χ1) is 12.9. The summed E-state index contributed by atoms with van der Waals surface area (Å²) in [4.78, 5) is 0. The molecule has 0 N–H and O–H groups in total. The van der Waals surface area contributed by atoms with Gasteiger partial charge in [0.05, 0.1) is 44.7 Å². The number of ether oxygens (including phenoxy) is 3. The summed E-state index contributed by atoms with van der Waals surface area (Å²) >= 11 is 0. The molecule has 0 aliphatic carbocycles. The van der Waals surface area contributed by atoms with Crippen molar-refractivity contribution >= 4 is 64.1 Å². The minimum atomic E-state index is -3.37. The Morgan fingerprint density at radius 3 is 1.69 bits per heavy atom. The van der Waals surface area contributed by atoms with Gasteiger partial charge >= 0.3 is 64.1 Å². The van der Waals surface area contributed by atoms with Gasteiger partial charge in [0.25, 0.3) is 0 Å². The predicted octanol–water partition coefficient (Wildman–Crippen LogP) is 3.85. The van der Waals surface area contributed by atoms with Gasteiger partial charge in [-0.2, -0.15) is 0 Å². The van der Waals surface area contributed by atoms with Crippen LogP contribution in [0.3, 0.4) is 0 Å². The minimum Gasteiger partial charge on any atom is -1.00 e. The van der Waals surface area contributed by atoms with E-state index in [-0.39, 0.29) is 88.4 Å². The van der Waals surface area contributed by atoms with Crippen LogP contribution in [0.5, 0.6) is 0 Å². The van der Waals surface area contributed by atoms with Crippen LogP contribution in [-0.4, -0.2) is 120 Å². The van der Waals surface area contributed by atoms with Crippen molar-refractivity contribution in [3.8, 4) is 0 Å². The molecule has 0 rings (SSSR count). The monoisotopic (exact) mass is 586 g/mol. The molecule has 0 aromatic rings. The zero-order valence-corrected chi connectivity index (χ0v) is 25.1. The summed E-state index contributed by atoms with van der Waals surface area (Å²) in [6, 6.07) is 0. The number of rotatable bonds is 17. The quantitative estimate of drug-likeness (QED) is 0.143. The molecule has 172 valence electrons. The zero-order valence-electron chi connectivity index (χ0n) is 19.8. The van der Waals surface area contributed by atoms with Crippen LogP contribution in [0, 0.1) is 7.11 Å². The van der Waals surface area contributed by atoms with Crippen LogP contribution in [0.4, 0.5) is 0 Å². The fraction of sp³-hybridized carbons (Fsp3) is 0.941. The zero-order chi connectivity index (χ0) is 21.8. The summed E-state index contributed by atoms with van der Waals surface area (Å²) in [7, 11) is -3.26. The molecular weight excluding hydrogens is 547 g/mol.